The summed E-state index contributed by atoms with van der Waals surface area (Å²) in [7, 11) is -1.29. The minimum atomic E-state index is -1.29. The minimum Gasteiger partial charge on any atom is -0.441 e. The highest BCUT2D eigenvalue weighted by atomic mass is 32.2. The second kappa shape index (κ2) is 7.95. The highest BCUT2D eigenvalue weighted by Gasteiger charge is 2.20. The van der Waals surface area contributed by atoms with Crippen molar-refractivity contribution in [2.75, 3.05) is 5.75 Å². The molecule has 1 aromatic carbocycles. The summed E-state index contributed by atoms with van der Waals surface area (Å²) in [6.45, 7) is 3.83. The first kappa shape index (κ1) is 17.9. The smallest absolute Gasteiger partial charge is 0.232 e. The van der Waals surface area contributed by atoms with Crippen LogP contribution in [-0.4, -0.2) is 26.9 Å². The average Bonchev–Trinajstić information content (AvgIpc) is 3.17. The van der Waals surface area contributed by atoms with E-state index in [0.717, 1.165) is 36.8 Å². The SMILES string of the molecule is Cc1cccc(-c2nc(C[S@@](=O)CC(=O)NC3CCCC3)c(C)o2)c1. The number of nitrogens with one attached hydrogen (secondary N) is 1. The van der Waals surface area contributed by atoms with E-state index in [4.69, 9.17) is 4.42 Å². The molecule has 1 aliphatic rings. The van der Waals surface area contributed by atoms with Gasteiger partial charge in [-0.05, 0) is 38.8 Å². The number of carbonyl (C=O) groups excluding carboxylic acids is 1. The number of aryl methyl sites for hydroxylation is 2. The first-order valence-electron chi connectivity index (χ1n) is 8.69. The number of oxazole rings is 1. The summed E-state index contributed by atoms with van der Waals surface area (Å²) in [5, 5.41) is 2.97. The fourth-order valence-corrected chi connectivity index (χ4v) is 4.20. The molecule has 0 unspecified atom stereocenters. The van der Waals surface area contributed by atoms with Crippen LogP contribution in [0.2, 0.25) is 0 Å². The van der Waals surface area contributed by atoms with Crippen molar-refractivity contribution in [3.05, 3.63) is 41.3 Å². The van der Waals surface area contributed by atoms with Crippen LogP contribution in [0.15, 0.2) is 28.7 Å². The number of rotatable bonds is 6. The monoisotopic (exact) mass is 360 g/mol. The maximum atomic E-state index is 12.3. The molecule has 134 valence electrons. The molecule has 6 heteroatoms. The third-order valence-electron chi connectivity index (χ3n) is 4.47. The number of hydrogen-bond acceptors (Lipinski definition) is 4. The van der Waals surface area contributed by atoms with Crippen molar-refractivity contribution < 1.29 is 13.4 Å². The van der Waals surface area contributed by atoms with Gasteiger partial charge in [0.2, 0.25) is 11.8 Å². The Labute approximate surface area is 150 Å². The lowest BCUT2D eigenvalue weighted by atomic mass is 10.1. The van der Waals surface area contributed by atoms with E-state index in [1.165, 1.54) is 0 Å². The Bertz CT molecular complexity index is 779. The standard InChI is InChI=1S/C19H24N2O3S/c1-13-6-5-7-15(10-13)19-21-17(14(2)24-19)11-25(23)12-18(22)20-16-8-3-4-9-16/h5-7,10,16H,3-4,8-9,11-12H2,1-2H3,(H,20,22)/t25-/m1/s1. The number of carbonyl (C=O) groups is 1. The van der Waals surface area contributed by atoms with Crippen LogP contribution in [0.5, 0.6) is 0 Å². The van der Waals surface area contributed by atoms with Gasteiger partial charge in [-0.2, -0.15) is 0 Å². The molecule has 25 heavy (non-hydrogen) atoms. The van der Waals surface area contributed by atoms with Gasteiger partial charge < -0.3 is 9.73 Å². The van der Waals surface area contributed by atoms with Crippen molar-refractivity contribution in [3.63, 3.8) is 0 Å². The van der Waals surface area contributed by atoms with Gasteiger partial charge in [0.15, 0.2) is 0 Å². The molecule has 1 aliphatic carbocycles. The summed E-state index contributed by atoms with van der Waals surface area (Å²) in [4.78, 5) is 16.5. The fraction of sp³-hybridized carbons (Fsp3) is 0.474. The van der Waals surface area contributed by atoms with Crippen molar-refractivity contribution in [3.8, 4) is 11.5 Å². The summed E-state index contributed by atoms with van der Waals surface area (Å²) in [5.74, 6) is 1.30. The second-order valence-corrected chi connectivity index (χ2v) is 8.13. The van der Waals surface area contributed by atoms with E-state index in [1.807, 2.05) is 38.1 Å². The fourth-order valence-electron chi connectivity index (χ4n) is 3.15. The van der Waals surface area contributed by atoms with Crippen LogP contribution < -0.4 is 5.32 Å². The lowest BCUT2D eigenvalue weighted by Crippen LogP contribution is -2.35. The van der Waals surface area contributed by atoms with Gasteiger partial charge in [0.25, 0.3) is 0 Å². The zero-order valence-electron chi connectivity index (χ0n) is 14.7. The van der Waals surface area contributed by atoms with E-state index in [9.17, 15) is 9.00 Å². The van der Waals surface area contributed by atoms with Crippen LogP contribution in [0.4, 0.5) is 0 Å². The van der Waals surface area contributed by atoms with E-state index in [1.54, 1.807) is 0 Å². The van der Waals surface area contributed by atoms with Crippen molar-refractivity contribution in [2.24, 2.45) is 0 Å². The number of amides is 1. The lowest BCUT2D eigenvalue weighted by Gasteiger charge is -2.11. The predicted octanol–water partition coefficient (Wildman–Crippen LogP) is 3.27. The maximum absolute atomic E-state index is 12.3. The van der Waals surface area contributed by atoms with E-state index < -0.39 is 10.8 Å². The molecule has 1 heterocycles. The molecular formula is C19H24N2O3S. The van der Waals surface area contributed by atoms with Gasteiger partial charge in [-0.3, -0.25) is 9.00 Å². The molecule has 1 aromatic heterocycles. The molecule has 5 nitrogen and oxygen atoms in total. The van der Waals surface area contributed by atoms with Crippen LogP contribution >= 0.6 is 0 Å². The summed E-state index contributed by atoms with van der Waals surface area (Å²) >= 11 is 0. The zero-order chi connectivity index (χ0) is 17.8. The summed E-state index contributed by atoms with van der Waals surface area (Å²) in [6.07, 6.45) is 4.38. The van der Waals surface area contributed by atoms with Gasteiger partial charge in [0, 0.05) is 22.4 Å². The second-order valence-electron chi connectivity index (χ2n) is 6.67. The van der Waals surface area contributed by atoms with E-state index in [0.29, 0.717) is 17.3 Å². The highest BCUT2D eigenvalue weighted by Crippen LogP contribution is 2.23. The summed E-state index contributed by atoms with van der Waals surface area (Å²) in [6, 6.07) is 8.16. The third-order valence-corrected chi connectivity index (χ3v) is 5.65. The third kappa shape index (κ3) is 4.78. The molecule has 3 rings (SSSR count). The molecule has 1 saturated carbocycles. The number of benzene rings is 1. The summed E-state index contributed by atoms with van der Waals surface area (Å²) in [5.41, 5.74) is 2.68. The minimum absolute atomic E-state index is 0.0164. The van der Waals surface area contributed by atoms with Gasteiger partial charge in [-0.25, -0.2) is 4.98 Å². The Kier molecular flexibility index (Phi) is 5.68. The lowest BCUT2D eigenvalue weighted by molar-refractivity contribution is -0.119. The molecule has 1 N–H and O–H groups in total. The normalized spacial score (nSPS) is 16.1. The maximum Gasteiger partial charge on any atom is 0.232 e. The van der Waals surface area contributed by atoms with Gasteiger partial charge in [-0.1, -0.05) is 30.5 Å². The van der Waals surface area contributed by atoms with Gasteiger partial charge in [0.05, 0.1) is 11.4 Å². The van der Waals surface area contributed by atoms with Crippen LogP contribution in [0.25, 0.3) is 11.5 Å². The van der Waals surface area contributed by atoms with E-state index in [-0.39, 0.29) is 23.5 Å². The molecule has 0 aliphatic heterocycles. The quantitative estimate of drug-likeness (QED) is 0.858. The Morgan fingerprint density at radius 2 is 2.08 bits per heavy atom. The van der Waals surface area contributed by atoms with E-state index >= 15 is 0 Å². The molecule has 0 spiro atoms. The molecule has 1 amide bonds. The highest BCUT2D eigenvalue weighted by molar-refractivity contribution is 7.84. The van der Waals surface area contributed by atoms with E-state index in [2.05, 4.69) is 10.3 Å². The molecule has 1 fully saturated rings. The largest absolute Gasteiger partial charge is 0.441 e. The average molecular weight is 360 g/mol. The topological polar surface area (TPSA) is 72.2 Å². The van der Waals surface area contributed by atoms with Crippen LogP contribution in [-0.2, 0) is 21.3 Å². The number of nitrogens with zero attached hydrogens (tertiary/aromatic N) is 1. The summed E-state index contributed by atoms with van der Waals surface area (Å²) < 4.78 is 18.0. The van der Waals surface area contributed by atoms with Crippen LogP contribution in [0.3, 0.4) is 0 Å². The van der Waals surface area contributed by atoms with Crippen molar-refractivity contribution in [2.45, 2.75) is 51.3 Å². The Balaban J connectivity index is 1.60. The predicted molar refractivity (Wildman–Crippen MR) is 98.5 cm³/mol. The van der Waals surface area contributed by atoms with Crippen molar-refractivity contribution in [1.29, 1.82) is 0 Å². The van der Waals surface area contributed by atoms with Gasteiger partial charge in [-0.15, -0.1) is 0 Å². The van der Waals surface area contributed by atoms with Crippen LogP contribution in [0, 0.1) is 13.8 Å². The molecule has 0 bridgehead atoms. The molecule has 0 saturated heterocycles. The molecular weight excluding hydrogens is 336 g/mol. The number of hydrogen-bond donors (Lipinski definition) is 1. The van der Waals surface area contributed by atoms with Gasteiger partial charge >= 0.3 is 0 Å². The Morgan fingerprint density at radius 3 is 2.80 bits per heavy atom. The Hall–Kier alpha value is -1.95. The van der Waals surface area contributed by atoms with Gasteiger partial charge in [0.1, 0.15) is 11.5 Å². The first-order chi connectivity index (χ1) is 12.0. The molecule has 2 aromatic rings. The Morgan fingerprint density at radius 1 is 1.32 bits per heavy atom. The zero-order valence-corrected chi connectivity index (χ0v) is 15.5. The van der Waals surface area contributed by atoms with Crippen molar-refractivity contribution in [1.82, 2.24) is 10.3 Å². The first-order valence-corrected chi connectivity index (χ1v) is 10.2. The van der Waals surface area contributed by atoms with Crippen LogP contribution in [0.1, 0.15) is 42.7 Å². The molecule has 0 radical (unpaired) electrons. The van der Waals surface area contributed by atoms with Crippen molar-refractivity contribution >= 4 is 16.7 Å². The number of aromatic nitrogens is 1. The molecule has 1 atom stereocenters.